The number of hydrogen-bond acceptors (Lipinski definition) is 4. The maximum atomic E-state index is 11.7. The van der Waals surface area contributed by atoms with Crippen molar-refractivity contribution in [3.8, 4) is 33.8 Å². The van der Waals surface area contributed by atoms with Crippen molar-refractivity contribution >= 4 is 21.6 Å². The van der Waals surface area contributed by atoms with E-state index in [9.17, 15) is 8.42 Å². The lowest BCUT2D eigenvalue weighted by molar-refractivity contribution is 0.598. The van der Waals surface area contributed by atoms with E-state index in [1.54, 1.807) is 12.1 Å². The van der Waals surface area contributed by atoms with Gasteiger partial charge < -0.3 is 0 Å². The van der Waals surface area contributed by atoms with Gasteiger partial charge in [-0.15, -0.1) is 0 Å². The molecular weight excluding hydrogens is 430 g/mol. The first-order chi connectivity index (χ1) is 14.7. The van der Waals surface area contributed by atoms with E-state index in [4.69, 9.17) is 21.7 Å². The molecule has 0 saturated heterocycles. The second-order valence-corrected chi connectivity index (χ2v) is 9.30. The smallest absolute Gasteiger partial charge is 0.233 e. The van der Waals surface area contributed by atoms with E-state index in [2.05, 4.69) is 4.98 Å². The summed E-state index contributed by atoms with van der Waals surface area (Å²) in [6.07, 6.45) is 0. The summed E-state index contributed by atoms with van der Waals surface area (Å²) in [5, 5.41) is 5.99. The fourth-order valence-corrected chi connectivity index (χ4v) is 4.02. The largest absolute Gasteiger partial charge is 0.238 e. The number of benzene rings is 3. The Morgan fingerprint density at radius 3 is 2.16 bits per heavy atom. The standard InChI is InChI=1S/C24H20ClN3O2S/c1-15-11-19(9-10-22(15)25)23-12-16(2)27-24(28-23)20-7-3-5-17(13-20)18-6-4-8-21(14-18)31(26,29)30/h3-14H,1-2H3,(H2,26,29,30). The van der Waals surface area contributed by atoms with Crippen LogP contribution in [0, 0.1) is 13.8 Å². The molecule has 0 radical (unpaired) electrons. The van der Waals surface area contributed by atoms with Gasteiger partial charge in [0.1, 0.15) is 0 Å². The van der Waals surface area contributed by atoms with E-state index >= 15 is 0 Å². The molecule has 0 atom stereocenters. The van der Waals surface area contributed by atoms with Gasteiger partial charge in [-0.1, -0.05) is 48.0 Å². The van der Waals surface area contributed by atoms with E-state index in [1.807, 2.05) is 68.4 Å². The van der Waals surface area contributed by atoms with Gasteiger partial charge in [0.15, 0.2) is 5.82 Å². The lowest BCUT2D eigenvalue weighted by atomic mass is 10.0. The van der Waals surface area contributed by atoms with Gasteiger partial charge in [-0.05, 0) is 66.9 Å². The third-order valence-corrected chi connectivity index (χ3v) is 6.26. The van der Waals surface area contributed by atoms with E-state index < -0.39 is 10.0 Å². The van der Waals surface area contributed by atoms with Crippen molar-refractivity contribution in [2.24, 2.45) is 5.14 Å². The summed E-state index contributed by atoms with van der Waals surface area (Å²) in [6.45, 7) is 3.89. The highest BCUT2D eigenvalue weighted by Gasteiger charge is 2.12. The topological polar surface area (TPSA) is 85.9 Å². The Kier molecular flexibility index (Phi) is 5.62. The Balaban J connectivity index is 1.78. The van der Waals surface area contributed by atoms with Crippen LogP contribution < -0.4 is 5.14 Å². The molecule has 0 unspecified atom stereocenters. The van der Waals surface area contributed by atoms with Crippen LogP contribution in [0.3, 0.4) is 0 Å². The molecular formula is C24H20ClN3O2S. The van der Waals surface area contributed by atoms with Crippen molar-refractivity contribution in [3.63, 3.8) is 0 Å². The average molecular weight is 450 g/mol. The van der Waals surface area contributed by atoms with Gasteiger partial charge in [0.05, 0.1) is 10.6 Å². The third-order valence-electron chi connectivity index (χ3n) is 4.92. The second kappa shape index (κ2) is 8.23. The van der Waals surface area contributed by atoms with E-state index in [0.717, 1.165) is 39.2 Å². The highest BCUT2D eigenvalue weighted by molar-refractivity contribution is 7.89. The summed E-state index contributed by atoms with van der Waals surface area (Å²) in [4.78, 5) is 9.45. The van der Waals surface area contributed by atoms with Crippen LogP contribution in [0.25, 0.3) is 33.8 Å². The number of halogens is 1. The van der Waals surface area contributed by atoms with Crippen LogP contribution in [0.4, 0.5) is 0 Å². The first-order valence-corrected chi connectivity index (χ1v) is 11.5. The van der Waals surface area contributed by atoms with Crippen molar-refractivity contribution in [1.29, 1.82) is 0 Å². The number of sulfonamides is 1. The normalized spacial score (nSPS) is 11.5. The number of aryl methyl sites for hydroxylation is 2. The highest BCUT2D eigenvalue weighted by atomic mass is 35.5. The molecule has 156 valence electrons. The lowest BCUT2D eigenvalue weighted by Crippen LogP contribution is -2.11. The molecule has 4 aromatic rings. The molecule has 0 aliphatic carbocycles. The van der Waals surface area contributed by atoms with Gasteiger partial charge in [-0.25, -0.2) is 23.5 Å². The molecule has 4 rings (SSSR count). The van der Waals surface area contributed by atoms with Crippen LogP contribution in [0.2, 0.25) is 5.02 Å². The number of nitrogens with zero attached hydrogens (tertiary/aromatic N) is 2. The van der Waals surface area contributed by atoms with E-state index in [0.29, 0.717) is 10.8 Å². The third kappa shape index (κ3) is 4.66. The molecule has 1 aromatic heterocycles. The fraction of sp³-hybridized carbons (Fsp3) is 0.0833. The zero-order valence-electron chi connectivity index (χ0n) is 17.0. The van der Waals surface area contributed by atoms with Gasteiger partial charge in [-0.3, -0.25) is 0 Å². The van der Waals surface area contributed by atoms with Gasteiger partial charge in [-0.2, -0.15) is 0 Å². The van der Waals surface area contributed by atoms with E-state index in [1.165, 1.54) is 6.07 Å². The van der Waals surface area contributed by atoms with Gasteiger partial charge in [0.2, 0.25) is 10.0 Å². The Morgan fingerprint density at radius 2 is 1.45 bits per heavy atom. The number of aromatic nitrogens is 2. The molecule has 3 aromatic carbocycles. The maximum Gasteiger partial charge on any atom is 0.238 e. The molecule has 0 aliphatic heterocycles. The van der Waals surface area contributed by atoms with Gasteiger partial charge in [0.25, 0.3) is 0 Å². The molecule has 0 spiro atoms. The zero-order valence-corrected chi connectivity index (χ0v) is 18.6. The first kappa shape index (κ1) is 21.2. The lowest BCUT2D eigenvalue weighted by Gasteiger charge is -2.10. The summed E-state index contributed by atoms with van der Waals surface area (Å²) in [5.74, 6) is 0.590. The van der Waals surface area contributed by atoms with Crippen LogP contribution in [0.5, 0.6) is 0 Å². The molecule has 0 saturated carbocycles. The van der Waals surface area contributed by atoms with E-state index in [-0.39, 0.29) is 4.90 Å². The molecule has 1 heterocycles. The number of hydrogen-bond donors (Lipinski definition) is 1. The minimum absolute atomic E-state index is 0.0719. The Hall–Kier alpha value is -3.06. The SMILES string of the molecule is Cc1cc(-c2ccc(Cl)c(C)c2)nc(-c2cccc(-c3cccc(S(N)(=O)=O)c3)c2)n1. The monoisotopic (exact) mass is 449 g/mol. The van der Waals surface area contributed by atoms with Crippen molar-refractivity contribution in [2.75, 3.05) is 0 Å². The summed E-state index contributed by atoms with van der Waals surface area (Å²) in [6, 6.07) is 22.0. The maximum absolute atomic E-state index is 11.7. The number of nitrogens with two attached hydrogens (primary N) is 1. The van der Waals surface area contributed by atoms with Crippen LogP contribution in [0.15, 0.2) is 77.7 Å². The molecule has 31 heavy (non-hydrogen) atoms. The fourth-order valence-electron chi connectivity index (χ4n) is 3.34. The first-order valence-electron chi connectivity index (χ1n) is 9.56. The van der Waals surface area contributed by atoms with Crippen LogP contribution >= 0.6 is 11.6 Å². The number of primary sulfonamides is 1. The van der Waals surface area contributed by atoms with Crippen molar-refractivity contribution < 1.29 is 8.42 Å². The molecule has 5 nitrogen and oxygen atoms in total. The summed E-state index contributed by atoms with van der Waals surface area (Å²) in [7, 11) is -3.78. The molecule has 0 amide bonds. The van der Waals surface area contributed by atoms with Gasteiger partial charge >= 0.3 is 0 Å². The van der Waals surface area contributed by atoms with Gasteiger partial charge in [0, 0.05) is 21.8 Å². The summed E-state index contributed by atoms with van der Waals surface area (Å²) in [5.41, 5.74) is 6.01. The predicted octanol–water partition coefficient (Wildman–Crippen LogP) is 5.40. The molecule has 2 N–H and O–H groups in total. The molecule has 0 fully saturated rings. The molecule has 0 bridgehead atoms. The van der Waals surface area contributed by atoms with Crippen LogP contribution in [0.1, 0.15) is 11.3 Å². The zero-order chi connectivity index (χ0) is 22.2. The minimum atomic E-state index is -3.78. The second-order valence-electron chi connectivity index (χ2n) is 7.34. The highest BCUT2D eigenvalue weighted by Crippen LogP contribution is 2.29. The summed E-state index contributed by atoms with van der Waals surface area (Å²) >= 11 is 6.16. The van der Waals surface area contributed by atoms with Crippen LogP contribution in [-0.2, 0) is 10.0 Å². The molecule has 0 aliphatic rings. The number of rotatable bonds is 4. The van der Waals surface area contributed by atoms with Crippen LogP contribution in [-0.4, -0.2) is 18.4 Å². The molecule has 7 heteroatoms. The Bertz CT molecular complexity index is 1400. The Labute approximate surface area is 186 Å². The van der Waals surface area contributed by atoms with Crippen molar-refractivity contribution in [1.82, 2.24) is 9.97 Å². The quantitative estimate of drug-likeness (QED) is 0.452. The van der Waals surface area contributed by atoms with Crippen molar-refractivity contribution in [2.45, 2.75) is 18.7 Å². The average Bonchev–Trinajstić information content (AvgIpc) is 2.75. The van der Waals surface area contributed by atoms with Crippen molar-refractivity contribution in [3.05, 3.63) is 89.1 Å². The summed E-state index contributed by atoms with van der Waals surface area (Å²) < 4.78 is 23.4. The Morgan fingerprint density at radius 1 is 0.774 bits per heavy atom. The minimum Gasteiger partial charge on any atom is -0.233 e. The predicted molar refractivity (Wildman–Crippen MR) is 124 cm³/mol.